The van der Waals surface area contributed by atoms with Gasteiger partial charge in [0.15, 0.2) is 5.69 Å². The Morgan fingerprint density at radius 1 is 1.62 bits per heavy atom. The highest BCUT2D eigenvalue weighted by atomic mass is 16.5. The number of carboxylic acid groups (broad SMARTS) is 1. The van der Waals surface area contributed by atoms with E-state index >= 15 is 0 Å². The second kappa shape index (κ2) is 4.44. The number of likely N-dealkylation sites (N-methyl/N-ethyl adjacent to an activating group) is 1. The molecule has 1 N–H and O–H groups in total. The highest BCUT2D eigenvalue weighted by molar-refractivity contribution is 5.85. The van der Waals surface area contributed by atoms with Gasteiger partial charge in [0.25, 0.3) is 0 Å². The molecular formula is C10H13N3O3. The van der Waals surface area contributed by atoms with Gasteiger partial charge in [-0.15, -0.1) is 0 Å². The molecule has 1 fully saturated rings. The molecule has 6 nitrogen and oxygen atoms in total. The summed E-state index contributed by atoms with van der Waals surface area (Å²) in [6.45, 7) is 1.39. The standard InChI is InChI=1S/C10H13N3O3/c1-13(7-2-3-16-6-7)9-5-11-4-8(12-9)10(14)15/h4-5,7H,2-3,6H2,1H3,(H,14,15). The third kappa shape index (κ3) is 2.11. The molecule has 1 aromatic heterocycles. The van der Waals surface area contributed by atoms with E-state index in [9.17, 15) is 4.79 Å². The summed E-state index contributed by atoms with van der Waals surface area (Å²) < 4.78 is 5.27. The monoisotopic (exact) mass is 223 g/mol. The number of hydrogen-bond donors (Lipinski definition) is 1. The van der Waals surface area contributed by atoms with Crippen LogP contribution in [0.25, 0.3) is 0 Å². The molecule has 1 aromatic rings. The molecule has 1 saturated heterocycles. The number of nitrogens with zero attached hydrogens (tertiary/aromatic N) is 3. The quantitative estimate of drug-likeness (QED) is 0.799. The average molecular weight is 223 g/mol. The Balaban J connectivity index is 2.18. The number of aromatic nitrogens is 2. The molecule has 1 aliphatic rings. The molecule has 0 radical (unpaired) electrons. The summed E-state index contributed by atoms with van der Waals surface area (Å²) in [7, 11) is 1.87. The van der Waals surface area contributed by atoms with E-state index in [1.165, 1.54) is 6.20 Å². The topological polar surface area (TPSA) is 75.6 Å². The highest BCUT2D eigenvalue weighted by Gasteiger charge is 2.22. The van der Waals surface area contributed by atoms with E-state index < -0.39 is 5.97 Å². The summed E-state index contributed by atoms with van der Waals surface area (Å²) in [6, 6.07) is 0.248. The number of ether oxygens (including phenoxy) is 1. The first-order valence-corrected chi connectivity index (χ1v) is 5.04. The first kappa shape index (κ1) is 10.8. The molecule has 86 valence electrons. The fourth-order valence-electron chi connectivity index (χ4n) is 1.64. The molecule has 1 atom stereocenters. The molecule has 2 heterocycles. The van der Waals surface area contributed by atoms with E-state index in [1.54, 1.807) is 6.20 Å². The van der Waals surface area contributed by atoms with Crippen molar-refractivity contribution in [2.24, 2.45) is 0 Å². The van der Waals surface area contributed by atoms with Gasteiger partial charge in [0.2, 0.25) is 0 Å². The SMILES string of the molecule is CN(c1cncc(C(=O)O)n1)C1CCOC1. The largest absolute Gasteiger partial charge is 0.476 e. The van der Waals surface area contributed by atoms with Crippen LogP contribution in [0.2, 0.25) is 0 Å². The summed E-state index contributed by atoms with van der Waals surface area (Å²) in [5, 5.41) is 8.81. The molecule has 16 heavy (non-hydrogen) atoms. The zero-order valence-electron chi connectivity index (χ0n) is 8.96. The minimum absolute atomic E-state index is 0.0386. The fraction of sp³-hybridized carbons (Fsp3) is 0.500. The maximum atomic E-state index is 10.8. The lowest BCUT2D eigenvalue weighted by atomic mass is 10.2. The van der Waals surface area contributed by atoms with Crippen LogP contribution < -0.4 is 4.90 Å². The Morgan fingerprint density at radius 2 is 2.44 bits per heavy atom. The Kier molecular flexibility index (Phi) is 3.00. The summed E-state index contributed by atoms with van der Waals surface area (Å²) in [5.74, 6) is -0.499. The van der Waals surface area contributed by atoms with Crippen LogP contribution in [-0.4, -0.2) is 47.3 Å². The van der Waals surface area contributed by atoms with Crippen molar-refractivity contribution in [2.45, 2.75) is 12.5 Å². The van der Waals surface area contributed by atoms with Crippen molar-refractivity contribution < 1.29 is 14.6 Å². The lowest BCUT2D eigenvalue weighted by molar-refractivity contribution is 0.0690. The van der Waals surface area contributed by atoms with Gasteiger partial charge in [0.05, 0.1) is 25.0 Å². The van der Waals surface area contributed by atoms with Gasteiger partial charge in [0, 0.05) is 13.7 Å². The van der Waals surface area contributed by atoms with Crippen LogP contribution in [0.3, 0.4) is 0 Å². The minimum Gasteiger partial charge on any atom is -0.476 e. The number of carbonyl (C=O) groups is 1. The van der Waals surface area contributed by atoms with Crippen LogP contribution in [-0.2, 0) is 4.74 Å². The van der Waals surface area contributed by atoms with Crippen molar-refractivity contribution in [3.05, 3.63) is 18.1 Å². The highest BCUT2D eigenvalue weighted by Crippen LogP contribution is 2.17. The van der Waals surface area contributed by atoms with Gasteiger partial charge < -0.3 is 14.7 Å². The van der Waals surface area contributed by atoms with Crippen LogP contribution in [0.1, 0.15) is 16.9 Å². The molecular weight excluding hydrogens is 210 g/mol. The van der Waals surface area contributed by atoms with Gasteiger partial charge in [-0.2, -0.15) is 0 Å². The van der Waals surface area contributed by atoms with Crippen molar-refractivity contribution in [1.82, 2.24) is 9.97 Å². The van der Waals surface area contributed by atoms with Crippen molar-refractivity contribution in [2.75, 3.05) is 25.2 Å². The molecule has 1 aliphatic heterocycles. The molecule has 6 heteroatoms. The Labute approximate surface area is 92.9 Å². The number of rotatable bonds is 3. The predicted molar refractivity (Wildman–Crippen MR) is 56.6 cm³/mol. The summed E-state index contributed by atoms with van der Waals surface area (Å²) >= 11 is 0. The molecule has 2 rings (SSSR count). The maximum absolute atomic E-state index is 10.8. The summed E-state index contributed by atoms with van der Waals surface area (Å²) in [5.41, 5.74) is -0.0386. The van der Waals surface area contributed by atoms with Gasteiger partial charge in [-0.05, 0) is 6.42 Å². The van der Waals surface area contributed by atoms with Crippen LogP contribution in [0.5, 0.6) is 0 Å². The van der Waals surface area contributed by atoms with Crippen LogP contribution in [0, 0.1) is 0 Å². The van der Waals surface area contributed by atoms with E-state index in [0.717, 1.165) is 13.0 Å². The molecule has 0 aromatic carbocycles. The molecule has 0 aliphatic carbocycles. The molecule has 0 amide bonds. The van der Waals surface area contributed by atoms with E-state index in [1.807, 2.05) is 11.9 Å². The number of carboxylic acids is 1. The minimum atomic E-state index is -1.06. The molecule has 0 spiro atoms. The normalized spacial score (nSPS) is 19.7. The third-order valence-corrected chi connectivity index (χ3v) is 2.66. The predicted octanol–water partition coefficient (Wildman–Crippen LogP) is 0.400. The lowest BCUT2D eigenvalue weighted by Crippen LogP contribution is -2.32. The van der Waals surface area contributed by atoms with Gasteiger partial charge in [-0.25, -0.2) is 9.78 Å². The van der Waals surface area contributed by atoms with Crippen LogP contribution in [0.4, 0.5) is 5.82 Å². The number of hydrogen-bond acceptors (Lipinski definition) is 5. The number of anilines is 1. The van der Waals surface area contributed by atoms with Crippen molar-refractivity contribution in [1.29, 1.82) is 0 Å². The van der Waals surface area contributed by atoms with Gasteiger partial charge >= 0.3 is 5.97 Å². The third-order valence-electron chi connectivity index (χ3n) is 2.66. The van der Waals surface area contributed by atoms with Gasteiger partial charge in [0.1, 0.15) is 5.82 Å². The fourth-order valence-corrected chi connectivity index (χ4v) is 1.64. The van der Waals surface area contributed by atoms with E-state index in [2.05, 4.69) is 9.97 Å². The number of aromatic carboxylic acids is 1. The van der Waals surface area contributed by atoms with Crippen molar-refractivity contribution in [3.8, 4) is 0 Å². The summed E-state index contributed by atoms with van der Waals surface area (Å²) in [6.07, 6.45) is 3.73. The zero-order valence-corrected chi connectivity index (χ0v) is 8.96. The zero-order chi connectivity index (χ0) is 11.5. The Hall–Kier alpha value is -1.69. The lowest BCUT2D eigenvalue weighted by Gasteiger charge is -2.23. The van der Waals surface area contributed by atoms with Gasteiger partial charge in [-0.3, -0.25) is 4.98 Å². The first-order valence-electron chi connectivity index (χ1n) is 5.04. The van der Waals surface area contributed by atoms with Crippen molar-refractivity contribution in [3.63, 3.8) is 0 Å². The molecule has 0 bridgehead atoms. The smallest absolute Gasteiger partial charge is 0.356 e. The van der Waals surface area contributed by atoms with E-state index in [4.69, 9.17) is 9.84 Å². The molecule has 1 unspecified atom stereocenters. The first-order chi connectivity index (χ1) is 7.68. The van der Waals surface area contributed by atoms with E-state index in [-0.39, 0.29) is 11.7 Å². The van der Waals surface area contributed by atoms with Crippen molar-refractivity contribution >= 4 is 11.8 Å². The Morgan fingerprint density at radius 3 is 3.06 bits per heavy atom. The average Bonchev–Trinajstić information content (AvgIpc) is 2.81. The maximum Gasteiger partial charge on any atom is 0.356 e. The Bertz CT molecular complexity index is 391. The second-order valence-electron chi connectivity index (χ2n) is 3.70. The molecule has 0 saturated carbocycles. The van der Waals surface area contributed by atoms with E-state index in [0.29, 0.717) is 12.4 Å². The summed E-state index contributed by atoms with van der Waals surface area (Å²) in [4.78, 5) is 20.6. The second-order valence-corrected chi connectivity index (χ2v) is 3.70. The van der Waals surface area contributed by atoms with Crippen LogP contribution >= 0.6 is 0 Å². The van der Waals surface area contributed by atoms with Crippen LogP contribution in [0.15, 0.2) is 12.4 Å². The van der Waals surface area contributed by atoms with Gasteiger partial charge in [-0.1, -0.05) is 0 Å².